The van der Waals surface area contributed by atoms with Gasteiger partial charge in [-0.05, 0) is 89.5 Å². The first-order chi connectivity index (χ1) is 25.7. The Hall–Kier alpha value is -0.950. The lowest BCUT2D eigenvalue weighted by atomic mass is 10.1. The van der Waals surface area contributed by atoms with Gasteiger partial charge in [0.05, 0.1) is 19.3 Å². The molecule has 0 bridgehead atoms. The molecule has 6 heteroatoms. The Morgan fingerprint density at radius 3 is 1.19 bits per heavy atom. The SMILES string of the molecule is CCCCCCCCC=CCCCCCCCCOCC(COCCCCCCCCC=CCCCCCCCC)NC(=S)OCCN(CC)CC. The molecule has 0 aliphatic rings. The van der Waals surface area contributed by atoms with Crippen molar-refractivity contribution >= 4 is 17.4 Å². The van der Waals surface area contributed by atoms with Crippen LogP contribution in [-0.4, -0.2) is 68.8 Å². The Kier molecular flexibility index (Phi) is 43.6. The highest BCUT2D eigenvalue weighted by molar-refractivity contribution is 7.80. The van der Waals surface area contributed by atoms with Crippen molar-refractivity contribution in [3.63, 3.8) is 0 Å². The topological polar surface area (TPSA) is 43.0 Å². The number of likely N-dealkylation sites (N-methyl/N-ethyl adjacent to an activating group) is 1. The van der Waals surface area contributed by atoms with E-state index < -0.39 is 0 Å². The molecule has 308 valence electrons. The average molecular weight is 751 g/mol. The summed E-state index contributed by atoms with van der Waals surface area (Å²) in [6.45, 7) is 15.3. The Balaban J connectivity index is 4.01. The number of thiocarbonyl (C=S) groups is 1. The lowest BCUT2D eigenvalue weighted by Gasteiger charge is -2.22. The van der Waals surface area contributed by atoms with Crippen LogP contribution in [0, 0.1) is 0 Å². The molecular formula is C46H90N2O3S. The van der Waals surface area contributed by atoms with Crippen LogP contribution in [0.1, 0.15) is 207 Å². The molecule has 0 aromatic carbocycles. The standard InChI is InChI=1S/C46H90N2O3S/c1-5-9-11-13-15-17-19-21-23-25-27-29-31-33-35-37-40-49-43-45(47-46(52)51-42-39-48(7-3)8-4)44-50-41-38-36-34-32-30-28-26-24-22-20-18-16-14-12-10-6-2/h21-24,45H,5-20,25-44H2,1-4H3,(H,47,52). The highest BCUT2D eigenvalue weighted by atomic mass is 32.1. The third-order valence-corrected chi connectivity index (χ3v) is 10.3. The number of allylic oxidation sites excluding steroid dienone is 4. The molecular weight excluding hydrogens is 661 g/mol. The van der Waals surface area contributed by atoms with E-state index in [2.05, 4.69) is 62.2 Å². The number of nitrogens with zero attached hydrogens (tertiary/aromatic N) is 1. The van der Waals surface area contributed by atoms with Crippen molar-refractivity contribution in [2.24, 2.45) is 0 Å². The van der Waals surface area contributed by atoms with E-state index >= 15 is 0 Å². The van der Waals surface area contributed by atoms with E-state index in [1.54, 1.807) is 0 Å². The highest BCUT2D eigenvalue weighted by Crippen LogP contribution is 2.12. The predicted octanol–water partition coefficient (Wildman–Crippen LogP) is 13.7. The van der Waals surface area contributed by atoms with Crippen LogP contribution in [0.3, 0.4) is 0 Å². The lowest BCUT2D eigenvalue weighted by Crippen LogP contribution is -2.42. The molecule has 0 fully saturated rings. The molecule has 0 atom stereocenters. The van der Waals surface area contributed by atoms with Gasteiger partial charge in [0, 0.05) is 19.8 Å². The molecule has 5 nitrogen and oxygen atoms in total. The molecule has 0 aromatic heterocycles. The fraction of sp³-hybridized carbons (Fsp3) is 0.891. The van der Waals surface area contributed by atoms with Crippen LogP contribution >= 0.6 is 12.2 Å². The van der Waals surface area contributed by atoms with Crippen LogP contribution in [0.2, 0.25) is 0 Å². The van der Waals surface area contributed by atoms with Gasteiger partial charge in [0.15, 0.2) is 0 Å². The minimum Gasteiger partial charge on any atom is -0.470 e. The maximum absolute atomic E-state index is 6.10. The summed E-state index contributed by atoms with van der Waals surface area (Å²) in [7, 11) is 0. The van der Waals surface area contributed by atoms with E-state index in [0.717, 1.165) is 45.7 Å². The smallest absolute Gasteiger partial charge is 0.257 e. The fourth-order valence-corrected chi connectivity index (χ4v) is 6.75. The number of hydrogen-bond donors (Lipinski definition) is 1. The molecule has 0 aliphatic carbocycles. The van der Waals surface area contributed by atoms with Gasteiger partial charge in [0.25, 0.3) is 5.17 Å². The summed E-state index contributed by atoms with van der Waals surface area (Å²) < 4.78 is 18.0. The number of unbranched alkanes of at least 4 members (excludes halogenated alkanes) is 24. The molecule has 0 rings (SSSR count). The quantitative estimate of drug-likeness (QED) is 0.0381. The Morgan fingerprint density at radius 2 is 0.827 bits per heavy atom. The number of rotatable bonds is 42. The number of hydrogen-bond acceptors (Lipinski definition) is 5. The van der Waals surface area contributed by atoms with Gasteiger partial charge < -0.3 is 24.4 Å². The zero-order valence-electron chi connectivity index (χ0n) is 35.4. The van der Waals surface area contributed by atoms with Gasteiger partial charge in [-0.2, -0.15) is 0 Å². The molecule has 1 N–H and O–H groups in total. The van der Waals surface area contributed by atoms with E-state index in [9.17, 15) is 0 Å². The highest BCUT2D eigenvalue weighted by Gasteiger charge is 2.12. The summed E-state index contributed by atoms with van der Waals surface area (Å²) >= 11 is 5.53. The van der Waals surface area contributed by atoms with Crippen LogP contribution in [0.15, 0.2) is 24.3 Å². The lowest BCUT2D eigenvalue weighted by molar-refractivity contribution is 0.0563. The number of nitrogens with one attached hydrogen (secondary N) is 1. The van der Waals surface area contributed by atoms with Crippen molar-refractivity contribution in [2.75, 3.05) is 52.7 Å². The monoisotopic (exact) mass is 751 g/mol. The zero-order valence-corrected chi connectivity index (χ0v) is 36.2. The normalized spacial score (nSPS) is 12.5. The van der Waals surface area contributed by atoms with Crippen LogP contribution in [0.5, 0.6) is 0 Å². The summed E-state index contributed by atoms with van der Waals surface area (Å²) in [6.07, 6.45) is 46.6. The van der Waals surface area contributed by atoms with Crippen molar-refractivity contribution in [1.82, 2.24) is 10.2 Å². The first-order valence-electron chi connectivity index (χ1n) is 22.8. The van der Waals surface area contributed by atoms with Gasteiger partial charge in [-0.15, -0.1) is 0 Å². The zero-order chi connectivity index (χ0) is 37.8. The number of ether oxygens (including phenoxy) is 3. The summed E-state index contributed by atoms with van der Waals surface area (Å²) in [5.41, 5.74) is 0. The van der Waals surface area contributed by atoms with Crippen molar-refractivity contribution in [2.45, 2.75) is 214 Å². The minimum absolute atomic E-state index is 0.0178. The van der Waals surface area contributed by atoms with E-state index in [-0.39, 0.29) is 6.04 Å². The van der Waals surface area contributed by atoms with Crippen LogP contribution < -0.4 is 5.32 Å². The molecule has 0 saturated carbocycles. The second-order valence-electron chi connectivity index (χ2n) is 15.0. The third kappa shape index (κ3) is 40.2. The Morgan fingerprint density at radius 1 is 0.481 bits per heavy atom. The van der Waals surface area contributed by atoms with E-state index in [1.165, 1.54) is 167 Å². The Labute approximate surface area is 331 Å². The van der Waals surface area contributed by atoms with Crippen molar-refractivity contribution < 1.29 is 14.2 Å². The van der Waals surface area contributed by atoms with Crippen molar-refractivity contribution in [3.8, 4) is 0 Å². The van der Waals surface area contributed by atoms with Gasteiger partial charge in [0.1, 0.15) is 6.61 Å². The van der Waals surface area contributed by atoms with Crippen LogP contribution in [0.25, 0.3) is 0 Å². The molecule has 0 aliphatic heterocycles. The second-order valence-corrected chi connectivity index (χ2v) is 15.4. The maximum Gasteiger partial charge on any atom is 0.257 e. The van der Waals surface area contributed by atoms with Gasteiger partial charge in [0.2, 0.25) is 0 Å². The Bertz CT molecular complexity index is 712. The summed E-state index contributed by atoms with van der Waals surface area (Å²) in [5, 5.41) is 3.83. The largest absolute Gasteiger partial charge is 0.470 e. The maximum atomic E-state index is 6.10. The molecule has 0 radical (unpaired) electrons. The summed E-state index contributed by atoms with van der Waals surface area (Å²) in [5.74, 6) is 0. The second kappa shape index (κ2) is 44.4. The van der Waals surface area contributed by atoms with E-state index in [1.807, 2.05) is 0 Å². The fourth-order valence-electron chi connectivity index (χ4n) is 6.50. The molecule has 0 heterocycles. The molecule has 0 aromatic rings. The molecule has 0 spiro atoms. The molecule has 0 amide bonds. The first-order valence-corrected chi connectivity index (χ1v) is 23.2. The van der Waals surface area contributed by atoms with Crippen molar-refractivity contribution in [3.05, 3.63) is 24.3 Å². The van der Waals surface area contributed by atoms with Gasteiger partial charge >= 0.3 is 0 Å². The van der Waals surface area contributed by atoms with Crippen molar-refractivity contribution in [1.29, 1.82) is 0 Å². The van der Waals surface area contributed by atoms with Gasteiger partial charge in [-0.25, -0.2) is 0 Å². The summed E-state index contributed by atoms with van der Waals surface area (Å²) in [6, 6.07) is 0.0178. The summed E-state index contributed by atoms with van der Waals surface area (Å²) in [4.78, 5) is 2.34. The predicted molar refractivity (Wildman–Crippen MR) is 234 cm³/mol. The average Bonchev–Trinajstić information content (AvgIpc) is 3.15. The van der Waals surface area contributed by atoms with E-state index in [4.69, 9.17) is 26.4 Å². The molecule has 52 heavy (non-hydrogen) atoms. The van der Waals surface area contributed by atoms with E-state index in [0.29, 0.717) is 25.0 Å². The van der Waals surface area contributed by atoms with Crippen LogP contribution in [-0.2, 0) is 14.2 Å². The minimum atomic E-state index is 0.0178. The first kappa shape index (κ1) is 51.0. The van der Waals surface area contributed by atoms with Crippen LogP contribution in [0.4, 0.5) is 0 Å². The third-order valence-electron chi connectivity index (χ3n) is 10.1. The van der Waals surface area contributed by atoms with Gasteiger partial charge in [-0.1, -0.05) is 168 Å². The molecule has 0 unspecified atom stereocenters. The van der Waals surface area contributed by atoms with Gasteiger partial charge in [-0.3, -0.25) is 0 Å². The molecule has 0 saturated heterocycles.